The van der Waals surface area contributed by atoms with Crippen molar-refractivity contribution in [3.8, 4) is 0 Å². The Bertz CT molecular complexity index is 744. The number of allylic oxidation sites excluding steroid dienone is 8. The second-order valence-electron chi connectivity index (χ2n) is 6.04. The Kier molecular flexibility index (Phi) is 11.2. The lowest BCUT2D eigenvalue weighted by Gasteiger charge is -2.13. The summed E-state index contributed by atoms with van der Waals surface area (Å²) in [5.41, 5.74) is 3.86. The fraction of sp³-hybridized carbons (Fsp3) is 0.364. The molecule has 5 heteroatoms. The maximum absolute atomic E-state index is 13.8. The number of hydrogen-bond acceptors (Lipinski definition) is 2. The molecule has 0 atom stereocenters. The first-order valence-electron chi connectivity index (χ1n) is 8.98. The van der Waals surface area contributed by atoms with Crippen molar-refractivity contribution in [3.63, 3.8) is 0 Å². The Morgan fingerprint density at radius 3 is 2.74 bits per heavy atom. The molecule has 0 amide bonds. The van der Waals surface area contributed by atoms with E-state index < -0.39 is 0 Å². The van der Waals surface area contributed by atoms with Crippen molar-refractivity contribution in [3.05, 3.63) is 77.3 Å². The zero-order valence-corrected chi connectivity index (χ0v) is 17.9. The van der Waals surface area contributed by atoms with Crippen LogP contribution < -0.4 is 0 Å². The maximum Gasteiger partial charge on any atom is 0.119 e. The lowest BCUT2D eigenvalue weighted by molar-refractivity contribution is 0.281. The van der Waals surface area contributed by atoms with Crippen molar-refractivity contribution in [1.29, 1.82) is 0 Å². The molecule has 0 saturated heterocycles. The number of thioether (sulfide) groups is 1. The predicted octanol–water partition coefficient (Wildman–Crippen LogP) is 6.50. The number of aliphatic hydroxyl groups is 1. The average molecular weight is 410 g/mol. The van der Waals surface area contributed by atoms with Crippen LogP contribution in [0.3, 0.4) is 0 Å². The number of rotatable bonds is 11. The largest absolute Gasteiger partial charge is 0.392 e. The summed E-state index contributed by atoms with van der Waals surface area (Å²) in [6.45, 7) is 10.3. The minimum Gasteiger partial charge on any atom is -0.392 e. The molecule has 0 aliphatic rings. The fourth-order valence-electron chi connectivity index (χ4n) is 2.59. The molecule has 148 valence electrons. The first kappa shape index (κ1) is 23.5. The molecule has 1 aromatic heterocycles. The van der Waals surface area contributed by atoms with Gasteiger partial charge in [0.25, 0.3) is 0 Å². The van der Waals surface area contributed by atoms with E-state index in [0.29, 0.717) is 18.7 Å². The molecule has 0 aromatic carbocycles. The van der Waals surface area contributed by atoms with E-state index >= 15 is 0 Å². The van der Waals surface area contributed by atoms with Crippen molar-refractivity contribution in [1.82, 2.24) is 4.57 Å². The molecule has 0 aliphatic heterocycles. The van der Waals surface area contributed by atoms with Crippen LogP contribution in [0.4, 0.5) is 4.39 Å². The summed E-state index contributed by atoms with van der Waals surface area (Å²) in [5.74, 6) is 0.623. The van der Waals surface area contributed by atoms with E-state index in [1.807, 2.05) is 45.1 Å². The fourth-order valence-corrected chi connectivity index (χ4v) is 3.97. The highest BCUT2D eigenvalue weighted by Crippen LogP contribution is 2.28. The highest BCUT2D eigenvalue weighted by molar-refractivity contribution is 7.99. The molecule has 0 radical (unpaired) electrons. The Labute approximate surface area is 171 Å². The molecule has 1 heterocycles. The van der Waals surface area contributed by atoms with Crippen molar-refractivity contribution in [2.24, 2.45) is 0 Å². The molecule has 1 aromatic rings. The first-order valence-corrected chi connectivity index (χ1v) is 10.5. The van der Waals surface area contributed by atoms with E-state index in [1.54, 1.807) is 17.8 Å². The maximum atomic E-state index is 13.8. The second kappa shape index (κ2) is 12.8. The number of nitrogens with zero attached hydrogens (tertiary/aromatic N) is 1. The number of hydrogen-bond donors (Lipinski definition) is 1. The Balaban J connectivity index is 3.11. The van der Waals surface area contributed by atoms with Crippen LogP contribution in [0, 0.1) is 6.92 Å². The van der Waals surface area contributed by atoms with Gasteiger partial charge >= 0.3 is 0 Å². The van der Waals surface area contributed by atoms with Crippen LogP contribution >= 0.6 is 23.4 Å². The molecular formula is C22H29ClFNOS. The van der Waals surface area contributed by atoms with Gasteiger partial charge in [0, 0.05) is 23.9 Å². The lowest BCUT2D eigenvalue weighted by Crippen LogP contribution is -2.05. The van der Waals surface area contributed by atoms with Gasteiger partial charge in [-0.25, -0.2) is 4.39 Å². The van der Waals surface area contributed by atoms with Gasteiger partial charge in [0.2, 0.25) is 0 Å². The molecule has 27 heavy (non-hydrogen) atoms. The van der Waals surface area contributed by atoms with E-state index in [2.05, 4.69) is 11.1 Å². The number of aliphatic hydroxyl groups excluding tert-OH is 1. The zero-order valence-electron chi connectivity index (χ0n) is 16.3. The van der Waals surface area contributed by atoms with Gasteiger partial charge in [-0.3, -0.25) is 0 Å². The minimum absolute atomic E-state index is 0.0113. The van der Waals surface area contributed by atoms with Gasteiger partial charge in [-0.1, -0.05) is 37.8 Å². The van der Waals surface area contributed by atoms with E-state index in [4.69, 9.17) is 11.6 Å². The van der Waals surface area contributed by atoms with Gasteiger partial charge in [0.15, 0.2) is 0 Å². The Hall–Kier alpha value is -1.49. The van der Waals surface area contributed by atoms with Gasteiger partial charge in [-0.2, -0.15) is 0 Å². The highest BCUT2D eigenvalue weighted by atomic mass is 35.5. The van der Waals surface area contributed by atoms with E-state index in [1.165, 1.54) is 12.2 Å². The van der Waals surface area contributed by atoms with Crippen LogP contribution in [0.15, 0.2) is 71.1 Å². The summed E-state index contributed by atoms with van der Waals surface area (Å²) in [7, 11) is 0. The number of halogens is 2. The quantitative estimate of drug-likeness (QED) is 0.256. The van der Waals surface area contributed by atoms with Crippen molar-refractivity contribution < 1.29 is 9.50 Å². The smallest absolute Gasteiger partial charge is 0.119 e. The number of alkyl halides is 1. The third-order valence-corrected chi connectivity index (χ3v) is 5.47. The summed E-state index contributed by atoms with van der Waals surface area (Å²) in [5, 5.41) is 10.7. The first-order chi connectivity index (χ1) is 13.0. The molecule has 2 nitrogen and oxygen atoms in total. The van der Waals surface area contributed by atoms with E-state index in [0.717, 1.165) is 27.4 Å². The molecule has 0 aliphatic carbocycles. The van der Waals surface area contributed by atoms with Crippen molar-refractivity contribution >= 4 is 23.4 Å². The number of aromatic nitrogens is 1. The van der Waals surface area contributed by atoms with Crippen LogP contribution in [0.5, 0.6) is 0 Å². The third kappa shape index (κ3) is 7.57. The molecule has 0 saturated carbocycles. The molecule has 0 fully saturated rings. The van der Waals surface area contributed by atoms with Gasteiger partial charge < -0.3 is 9.67 Å². The van der Waals surface area contributed by atoms with Crippen molar-refractivity contribution in [2.45, 2.75) is 45.4 Å². The molecular weight excluding hydrogens is 381 g/mol. The SMILES string of the molecule is C=C/C=C(\C=C/C)Cn1c(SC/C(=C\C(F)=C/CC)CCl)cc(CO)c1C. The van der Waals surface area contributed by atoms with Gasteiger partial charge in [0.1, 0.15) is 5.83 Å². The van der Waals surface area contributed by atoms with Crippen LogP contribution in [-0.4, -0.2) is 21.3 Å². The topological polar surface area (TPSA) is 25.2 Å². The lowest BCUT2D eigenvalue weighted by atomic mass is 10.2. The summed E-state index contributed by atoms with van der Waals surface area (Å²) >= 11 is 7.59. The molecule has 1 N–H and O–H groups in total. The second-order valence-corrected chi connectivity index (χ2v) is 7.30. The van der Waals surface area contributed by atoms with E-state index in [9.17, 15) is 9.50 Å². The normalized spacial score (nSPS) is 13.6. The van der Waals surface area contributed by atoms with Crippen LogP contribution in [0.25, 0.3) is 0 Å². The molecule has 0 spiro atoms. The van der Waals surface area contributed by atoms with Crippen molar-refractivity contribution in [2.75, 3.05) is 11.6 Å². The van der Waals surface area contributed by atoms with E-state index in [-0.39, 0.29) is 18.3 Å². The monoisotopic (exact) mass is 409 g/mol. The molecule has 1 rings (SSSR count). The van der Waals surface area contributed by atoms with Crippen LogP contribution in [0.2, 0.25) is 0 Å². The van der Waals surface area contributed by atoms with Gasteiger partial charge in [-0.15, -0.1) is 23.4 Å². The summed E-state index contributed by atoms with van der Waals surface area (Å²) in [4.78, 5) is 0. The standard InChI is InChI=1S/C22H29ClFNOS/c1-5-8-18(9-6-2)14-25-17(4)20(15-26)12-22(25)27-16-19(13-23)11-21(24)10-7-3/h5-6,8-12,26H,1,7,13-16H2,2-4H3/b9-6-,18-8+,19-11-,21-10+. The third-order valence-electron chi connectivity index (χ3n) is 3.98. The minimum atomic E-state index is -0.249. The Morgan fingerprint density at radius 1 is 1.44 bits per heavy atom. The average Bonchev–Trinajstić information content (AvgIpc) is 2.94. The van der Waals surface area contributed by atoms with Crippen LogP contribution in [0.1, 0.15) is 31.5 Å². The van der Waals surface area contributed by atoms with Gasteiger partial charge in [0.05, 0.1) is 11.6 Å². The molecule has 0 unspecified atom stereocenters. The Morgan fingerprint density at radius 2 is 2.19 bits per heavy atom. The summed E-state index contributed by atoms with van der Waals surface area (Å²) in [6, 6.07) is 1.99. The van der Waals surface area contributed by atoms with Crippen LogP contribution in [-0.2, 0) is 13.2 Å². The predicted molar refractivity (Wildman–Crippen MR) is 117 cm³/mol. The summed E-state index contributed by atoms with van der Waals surface area (Å²) in [6.07, 6.45) is 11.5. The molecule has 0 bridgehead atoms. The highest BCUT2D eigenvalue weighted by Gasteiger charge is 2.13. The van der Waals surface area contributed by atoms with Gasteiger partial charge in [-0.05, 0) is 55.2 Å². The zero-order chi connectivity index (χ0) is 20.2. The summed E-state index contributed by atoms with van der Waals surface area (Å²) < 4.78 is 15.9.